The molecule has 4 nitrogen and oxygen atoms in total. The number of thiophene rings is 1. The van der Waals surface area contributed by atoms with E-state index in [0.717, 1.165) is 29.3 Å². The van der Waals surface area contributed by atoms with Crippen molar-refractivity contribution in [3.05, 3.63) is 76.0 Å². The van der Waals surface area contributed by atoms with Crippen molar-refractivity contribution in [2.75, 3.05) is 24.6 Å². The van der Waals surface area contributed by atoms with Crippen LogP contribution in [0.25, 0.3) is 12.2 Å². The fourth-order valence-corrected chi connectivity index (χ4v) is 4.61. The molecule has 0 N–H and O–H groups in total. The van der Waals surface area contributed by atoms with Crippen LogP contribution in [0.1, 0.15) is 29.2 Å². The zero-order valence-electron chi connectivity index (χ0n) is 21.1. The summed E-state index contributed by atoms with van der Waals surface area (Å²) < 4.78 is 10.9. The molecule has 2 aromatic carbocycles. The molecular weight excluding hydrogens is 470 g/mol. The maximum absolute atomic E-state index is 11.0. The van der Waals surface area contributed by atoms with E-state index in [1.165, 1.54) is 17.5 Å². The highest BCUT2D eigenvalue weighted by molar-refractivity contribution is 7.13. The average molecular weight is 504 g/mol. The lowest BCUT2D eigenvalue weighted by Crippen LogP contribution is -2.27. The Kier molecular flexibility index (Phi) is 9.36. The van der Waals surface area contributed by atoms with Gasteiger partial charge in [-0.05, 0) is 67.1 Å². The summed E-state index contributed by atoms with van der Waals surface area (Å²) in [6, 6.07) is 19.9. The second-order valence-corrected chi connectivity index (χ2v) is 15.0. The van der Waals surface area contributed by atoms with Crippen LogP contribution >= 0.6 is 11.3 Å². The van der Waals surface area contributed by atoms with Gasteiger partial charge < -0.3 is 14.4 Å². The van der Waals surface area contributed by atoms with Crippen LogP contribution in [0, 0.1) is 11.5 Å². The van der Waals surface area contributed by atoms with Crippen LogP contribution in [-0.2, 0) is 4.79 Å². The Morgan fingerprint density at radius 1 is 0.971 bits per heavy atom. The first kappa shape index (κ1) is 26.3. The number of carbonyl (C=O) groups is 1. The van der Waals surface area contributed by atoms with Crippen molar-refractivity contribution in [3.63, 3.8) is 0 Å². The molecule has 0 aliphatic heterocycles. The van der Waals surface area contributed by atoms with Gasteiger partial charge in [0.25, 0.3) is 0 Å². The molecule has 182 valence electrons. The molecule has 1 heterocycles. The van der Waals surface area contributed by atoms with Gasteiger partial charge in [0.15, 0.2) is 0 Å². The van der Waals surface area contributed by atoms with Crippen LogP contribution in [0.2, 0.25) is 19.6 Å². The van der Waals surface area contributed by atoms with E-state index in [4.69, 9.17) is 9.47 Å². The fourth-order valence-electron chi connectivity index (χ4n) is 3.25. The summed E-state index contributed by atoms with van der Waals surface area (Å²) in [5, 5.41) is 0. The number of nitrogens with zero attached hydrogens (tertiary/aromatic N) is 1. The summed E-state index contributed by atoms with van der Waals surface area (Å²) in [4.78, 5) is 15.6. The van der Waals surface area contributed by atoms with Gasteiger partial charge in [-0.25, -0.2) is 0 Å². The third kappa shape index (κ3) is 9.12. The minimum Gasteiger partial charge on any atom is -0.492 e. The molecule has 3 rings (SSSR count). The molecule has 0 bridgehead atoms. The first-order valence-corrected chi connectivity index (χ1v) is 16.1. The Labute approximate surface area is 214 Å². The predicted octanol–water partition coefficient (Wildman–Crippen LogP) is 6.98. The molecule has 0 amide bonds. The lowest BCUT2D eigenvalue weighted by molar-refractivity contribution is -0.131. The van der Waals surface area contributed by atoms with Crippen molar-refractivity contribution in [3.8, 4) is 23.0 Å². The molecule has 0 fully saturated rings. The first-order chi connectivity index (χ1) is 16.7. The number of ether oxygens (including phenoxy) is 2. The molecule has 0 aliphatic rings. The summed E-state index contributed by atoms with van der Waals surface area (Å²) in [5.41, 5.74) is 5.75. The van der Waals surface area contributed by atoms with E-state index < -0.39 is 8.07 Å². The zero-order valence-corrected chi connectivity index (χ0v) is 22.9. The third-order valence-electron chi connectivity index (χ3n) is 4.98. The zero-order chi connectivity index (χ0) is 25.3. The van der Waals surface area contributed by atoms with E-state index in [9.17, 15) is 4.79 Å². The minimum atomic E-state index is -1.35. The molecule has 6 heteroatoms. The quantitative estimate of drug-likeness (QED) is 0.137. The molecule has 3 aromatic rings. The highest BCUT2D eigenvalue weighted by Crippen LogP contribution is 2.21. The third-order valence-corrected chi connectivity index (χ3v) is 6.82. The monoisotopic (exact) mass is 503 g/mol. The summed E-state index contributed by atoms with van der Waals surface area (Å²) in [5.74, 6) is 4.27. The first-order valence-electron chi connectivity index (χ1n) is 11.8. The molecule has 0 saturated heterocycles. The number of likely N-dealkylation sites (N-methyl/N-ethyl adjacent to an activating group) is 1. The molecule has 35 heavy (non-hydrogen) atoms. The maximum Gasteiger partial charge on any atom is 0.308 e. The normalized spacial score (nSPS) is 11.1. The lowest BCUT2D eigenvalue weighted by atomic mass is 10.1. The number of hydrogen-bond donors (Lipinski definition) is 0. The molecule has 0 atom stereocenters. The van der Waals surface area contributed by atoms with Gasteiger partial charge in [-0.2, -0.15) is 0 Å². The largest absolute Gasteiger partial charge is 0.492 e. The summed E-state index contributed by atoms with van der Waals surface area (Å²) in [6.07, 6.45) is 4.29. The van der Waals surface area contributed by atoms with E-state index in [0.29, 0.717) is 12.4 Å². The Hall–Kier alpha value is -3.27. The molecule has 0 unspecified atom stereocenters. The topological polar surface area (TPSA) is 38.8 Å². The van der Waals surface area contributed by atoms with E-state index in [1.807, 2.05) is 12.1 Å². The van der Waals surface area contributed by atoms with Crippen molar-refractivity contribution in [1.29, 1.82) is 0 Å². The van der Waals surface area contributed by atoms with Gasteiger partial charge in [-0.1, -0.05) is 43.8 Å². The number of carbonyl (C=O) groups excluding carboxylic acids is 1. The molecule has 0 saturated carbocycles. The van der Waals surface area contributed by atoms with Crippen molar-refractivity contribution in [2.45, 2.75) is 33.5 Å². The summed E-state index contributed by atoms with van der Waals surface area (Å²) in [6.45, 7) is 12.5. The lowest BCUT2D eigenvalue weighted by Gasteiger charge is -2.23. The summed E-state index contributed by atoms with van der Waals surface area (Å²) >= 11 is 1.73. The molecule has 0 radical (unpaired) electrons. The van der Waals surface area contributed by atoms with Crippen molar-refractivity contribution < 1.29 is 14.3 Å². The standard InChI is InChI=1S/C29H33NO3SSi/c1-6-30(20-21-32-26-12-14-27(15-13-26)33-23(2)31)25-10-7-24(8-11-25)9-16-28-17-18-29(34-28)19-22-35(3,4)5/h7-18H,6,20-21H2,1-5H3/b16-9+. The number of esters is 1. The second kappa shape index (κ2) is 12.4. The second-order valence-electron chi connectivity index (χ2n) is 9.12. The van der Waals surface area contributed by atoms with Crippen LogP contribution < -0.4 is 14.4 Å². The Balaban J connectivity index is 1.52. The fraction of sp³-hybridized carbons (Fsp3) is 0.276. The highest BCUT2D eigenvalue weighted by atomic mass is 32.1. The Bertz CT molecular complexity index is 1200. The smallest absolute Gasteiger partial charge is 0.308 e. The predicted molar refractivity (Wildman–Crippen MR) is 151 cm³/mol. The average Bonchev–Trinajstić information content (AvgIpc) is 3.28. The van der Waals surface area contributed by atoms with Crippen molar-refractivity contribution in [1.82, 2.24) is 0 Å². The van der Waals surface area contributed by atoms with Gasteiger partial charge in [-0.3, -0.25) is 4.79 Å². The van der Waals surface area contributed by atoms with Crippen LogP contribution in [0.5, 0.6) is 11.5 Å². The highest BCUT2D eigenvalue weighted by Gasteiger charge is 2.08. The van der Waals surface area contributed by atoms with Gasteiger partial charge in [0.05, 0.1) is 11.4 Å². The maximum atomic E-state index is 11.0. The molecule has 1 aromatic heterocycles. The number of benzene rings is 2. The van der Waals surface area contributed by atoms with E-state index in [-0.39, 0.29) is 5.97 Å². The van der Waals surface area contributed by atoms with Gasteiger partial charge in [-0.15, -0.1) is 16.9 Å². The summed E-state index contributed by atoms with van der Waals surface area (Å²) in [7, 11) is -1.35. The van der Waals surface area contributed by atoms with E-state index >= 15 is 0 Å². The molecular formula is C29H33NO3SSi. The number of hydrogen-bond acceptors (Lipinski definition) is 5. The van der Waals surface area contributed by atoms with E-state index in [1.54, 1.807) is 23.5 Å². The van der Waals surface area contributed by atoms with Crippen LogP contribution in [0.3, 0.4) is 0 Å². The van der Waals surface area contributed by atoms with Crippen molar-refractivity contribution in [2.24, 2.45) is 0 Å². The number of anilines is 1. The van der Waals surface area contributed by atoms with Gasteiger partial charge >= 0.3 is 5.97 Å². The van der Waals surface area contributed by atoms with E-state index in [2.05, 4.69) is 91.5 Å². The van der Waals surface area contributed by atoms with Gasteiger partial charge in [0.2, 0.25) is 0 Å². The SMILES string of the molecule is CCN(CCOc1ccc(OC(C)=O)cc1)c1ccc(/C=C/c2ccc(C#C[Si](C)(C)C)s2)cc1. The minimum absolute atomic E-state index is 0.331. The molecule has 0 spiro atoms. The number of rotatable bonds is 9. The Morgan fingerprint density at radius 3 is 2.29 bits per heavy atom. The Morgan fingerprint density at radius 2 is 1.66 bits per heavy atom. The van der Waals surface area contributed by atoms with Crippen LogP contribution in [0.15, 0.2) is 60.7 Å². The van der Waals surface area contributed by atoms with Gasteiger partial charge in [0, 0.05) is 24.0 Å². The molecule has 0 aliphatic carbocycles. The van der Waals surface area contributed by atoms with Crippen LogP contribution in [0.4, 0.5) is 5.69 Å². The van der Waals surface area contributed by atoms with Crippen LogP contribution in [-0.4, -0.2) is 33.7 Å². The van der Waals surface area contributed by atoms with Gasteiger partial charge in [0.1, 0.15) is 26.2 Å². The van der Waals surface area contributed by atoms with Crippen molar-refractivity contribution >= 4 is 43.2 Å².